The second-order valence-electron chi connectivity index (χ2n) is 14.6. The Morgan fingerprint density at radius 2 is 1.72 bits per heavy atom. The van der Waals surface area contributed by atoms with Crippen LogP contribution < -0.4 is 11.5 Å². The molecule has 4 aliphatic carbocycles. The van der Waals surface area contributed by atoms with Crippen LogP contribution in [0.5, 0.6) is 0 Å². The van der Waals surface area contributed by atoms with Gasteiger partial charge >= 0.3 is 5.97 Å². The maximum atomic E-state index is 12.9. The molecule has 9 unspecified atom stereocenters. The fraction of sp³-hybridized carbons (Fsp3) is 0.743. The number of rotatable bonds is 8. The predicted molar refractivity (Wildman–Crippen MR) is 162 cm³/mol. The molecule has 3 fully saturated rings. The van der Waals surface area contributed by atoms with Crippen LogP contribution in [0.3, 0.4) is 0 Å². The first-order valence-corrected chi connectivity index (χ1v) is 16.1. The largest absolute Gasteiger partial charge is 0.459 e. The third-order valence-electron chi connectivity index (χ3n) is 12.2. The number of esters is 1. The van der Waals surface area contributed by atoms with Gasteiger partial charge in [-0.05, 0) is 122 Å². The van der Waals surface area contributed by atoms with Gasteiger partial charge in [0.2, 0.25) is 0 Å². The first kappa shape index (κ1) is 28.6. The minimum absolute atomic E-state index is 0.0414. The van der Waals surface area contributed by atoms with Gasteiger partial charge in [-0.15, -0.1) is 0 Å². The summed E-state index contributed by atoms with van der Waals surface area (Å²) in [5.41, 5.74) is 14.1. The molecule has 0 radical (unpaired) electrons. The van der Waals surface area contributed by atoms with Crippen LogP contribution >= 0.6 is 0 Å². The summed E-state index contributed by atoms with van der Waals surface area (Å²) >= 11 is 0. The summed E-state index contributed by atoms with van der Waals surface area (Å²) in [5.74, 6) is 5.08. The SMILES string of the molecule is CCC12CCC3C(C=CC4CC(OC(=O)c5cc(N)cc(N)c5)CCC43C)C1CCC2C(C)CCCC(C)C. The predicted octanol–water partition coefficient (Wildman–Crippen LogP) is 8.66. The first-order chi connectivity index (χ1) is 18.6. The zero-order valence-corrected chi connectivity index (χ0v) is 25.3. The summed E-state index contributed by atoms with van der Waals surface area (Å²) in [6.45, 7) is 12.4. The minimum Gasteiger partial charge on any atom is -0.459 e. The lowest BCUT2D eigenvalue weighted by molar-refractivity contribution is -0.0908. The van der Waals surface area contributed by atoms with Gasteiger partial charge < -0.3 is 16.2 Å². The van der Waals surface area contributed by atoms with Crippen molar-refractivity contribution in [3.63, 3.8) is 0 Å². The maximum absolute atomic E-state index is 12.9. The number of fused-ring (bicyclic) bond motifs is 5. The highest BCUT2D eigenvalue weighted by atomic mass is 16.5. The van der Waals surface area contributed by atoms with Crippen LogP contribution in [0.1, 0.15) is 116 Å². The zero-order chi connectivity index (χ0) is 27.9. The molecule has 0 spiro atoms. The second kappa shape index (κ2) is 11.1. The van der Waals surface area contributed by atoms with Gasteiger partial charge in [-0.2, -0.15) is 0 Å². The number of hydrogen-bond acceptors (Lipinski definition) is 4. The van der Waals surface area contributed by atoms with Gasteiger partial charge in [0, 0.05) is 11.4 Å². The maximum Gasteiger partial charge on any atom is 0.338 e. The van der Waals surface area contributed by atoms with Gasteiger partial charge in [-0.3, -0.25) is 0 Å². The quantitative estimate of drug-likeness (QED) is 0.199. The van der Waals surface area contributed by atoms with Gasteiger partial charge in [0.15, 0.2) is 0 Å². The number of ether oxygens (including phenoxy) is 1. The van der Waals surface area contributed by atoms with Gasteiger partial charge in [0.1, 0.15) is 6.10 Å². The monoisotopic (exact) mass is 534 g/mol. The van der Waals surface area contributed by atoms with Crippen LogP contribution in [0.2, 0.25) is 0 Å². The van der Waals surface area contributed by atoms with E-state index in [-0.39, 0.29) is 12.1 Å². The van der Waals surface area contributed by atoms with Crippen molar-refractivity contribution in [1.82, 2.24) is 0 Å². The molecule has 0 heterocycles. The molecule has 4 heteroatoms. The van der Waals surface area contributed by atoms with Crippen LogP contribution in [0.25, 0.3) is 0 Å². The van der Waals surface area contributed by atoms with E-state index in [1.165, 1.54) is 51.4 Å². The molecule has 39 heavy (non-hydrogen) atoms. The van der Waals surface area contributed by atoms with E-state index in [1.54, 1.807) is 18.2 Å². The van der Waals surface area contributed by atoms with Crippen molar-refractivity contribution >= 4 is 17.3 Å². The fourth-order valence-electron chi connectivity index (χ4n) is 10.2. The van der Waals surface area contributed by atoms with Crippen LogP contribution in [0.15, 0.2) is 30.4 Å². The molecule has 4 N–H and O–H groups in total. The van der Waals surface area contributed by atoms with Crippen molar-refractivity contribution in [3.05, 3.63) is 35.9 Å². The molecule has 3 saturated carbocycles. The van der Waals surface area contributed by atoms with Crippen LogP contribution in [-0.2, 0) is 4.74 Å². The van der Waals surface area contributed by atoms with Crippen LogP contribution in [-0.4, -0.2) is 12.1 Å². The first-order valence-electron chi connectivity index (χ1n) is 16.1. The van der Waals surface area contributed by atoms with E-state index in [1.807, 2.05) is 0 Å². The lowest BCUT2D eigenvalue weighted by Crippen LogP contribution is -2.53. The Bertz CT molecular complexity index is 1040. The van der Waals surface area contributed by atoms with Crippen molar-refractivity contribution in [2.45, 2.75) is 111 Å². The highest BCUT2D eigenvalue weighted by molar-refractivity contribution is 5.91. The Labute approximate surface area is 237 Å². The molecule has 4 aliphatic rings. The van der Waals surface area contributed by atoms with Crippen LogP contribution in [0.4, 0.5) is 11.4 Å². The summed E-state index contributed by atoms with van der Waals surface area (Å²) < 4.78 is 6.02. The van der Waals surface area contributed by atoms with Gasteiger partial charge in [-0.1, -0.05) is 66.0 Å². The van der Waals surface area contributed by atoms with E-state index in [4.69, 9.17) is 16.2 Å². The van der Waals surface area contributed by atoms with Gasteiger partial charge in [-0.25, -0.2) is 4.79 Å². The number of allylic oxidation sites excluding steroid dienone is 2. The number of benzene rings is 1. The Balaban J connectivity index is 1.28. The average molecular weight is 535 g/mol. The summed E-state index contributed by atoms with van der Waals surface area (Å²) in [5, 5.41) is 0. The normalized spacial score (nSPS) is 38.1. The smallest absolute Gasteiger partial charge is 0.338 e. The van der Waals surface area contributed by atoms with Gasteiger partial charge in [0.05, 0.1) is 5.56 Å². The Morgan fingerprint density at radius 3 is 2.41 bits per heavy atom. The molecule has 1 aromatic carbocycles. The van der Waals surface area contributed by atoms with E-state index < -0.39 is 0 Å². The second-order valence-corrected chi connectivity index (χ2v) is 14.6. The van der Waals surface area contributed by atoms with Gasteiger partial charge in [0.25, 0.3) is 0 Å². The van der Waals surface area contributed by atoms with E-state index in [2.05, 4.69) is 46.8 Å². The average Bonchev–Trinajstić information content (AvgIpc) is 3.28. The molecule has 4 nitrogen and oxygen atoms in total. The Hall–Kier alpha value is -1.97. The van der Waals surface area contributed by atoms with E-state index in [0.717, 1.165) is 54.8 Å². The molecule has 9 atom stereocenters. The van der Waals surface area contributed by atoms with Crippen molar-refractivity contribution in [3.8, 4) is 0 Å². The van der Waals surface area contributed by atoms with E-state index in [9.17, 15) is 4.79 Å². The van der Waals surface area contributed by atoms with E-state index in [0.29, 0.717) is 33.7 Å². The Morgan fingerprint density at radius 1 is 0.974 bits per heavy atom. The minimum atomic E-state index is -0.301. The molecule has 0 aliphatic heterocycles. The molecule has 0 bridgehead atoms. The van der Waals surface area contributed by atoms with E-state index >= 15 is 0 Å². The number of carbonyl (C=O) groups excluding carboxylic acids is 1. The number of hydrogen-bond donors (Lipinski definition) is 2. The highest BCUT2D eigenvalue weighted by Crippen LogP contribution is 2.68. The fourth-order valence-corrected chi connectivity index (χ4v) is 10.2. The number of nitrogens with two attached hydrogens (primary N) is 2. The third kappa shape index (κ3) is 5.26. The third-order valence-corrected chi connectivity index (χ3v) is 12.2. The topological polar surface area (TPSA) is 78.3 Å². The number of anilines is 2. The molecular formula is C35H54N2O2. The summed E-state index contributed by atoms with van der Waals surface area (Å²) in [6, 6.07) is 5.00. The molecular weight excluding hydrogens is 480 g/mol. The van der Waals surface area contributed by atoms with Crippen LogP contribution in [0, 0.1) is 52.3 Å². The molecule has 0 amide bonds. The number of carbonyl (C=O) groups is 1. The Kier molecular flexibility index (Phi) is 8.15. The molecule has 216 valence electrons. The lowest BCUT2D eigenvalue weighted by Gasteiger charge is -2.59. The summed E-state index contributed by atoms with van der Waals surface area (Å²) in [6.07, 6.45) is 19.3. The summed E-state index contributed by atoms with van der Waals surface area (Å²) in [4.78, 5) is 12.9. The van der Waals surface area contributed by atoms with Crippen molar-refractivity contribution in [1.29, 1.82) is 0 Å². The van der Waals surface area contributed by atoms with Crippen molar-refractivity contribution in [2.75, 3.05) is 11.5 Å². The standard InChI is InChI=1S/C35H54N2O2/c1-6-35-17-15-31-29(32(35)13-12-30(35)23(4)9-7-8-22(2)3)11-10-25-20-28(14-16-34(25,31)5)39-33(38)24-18-26(36)21-27(37)19-24/h10-11,18-19,21-23,25,28-32H,6-9,12-17,20,36-37H2,1-5H3. The molecule has 0 aromatic heterocycles. The number of nitrogen functional groups attached to an aromatic ring is 2. The molecule has 0 saturated heterocycles. The van der Waals surface area contributed by atoms with Crippen molar-refractivity contribution in [2.24, 2.45) is 52.3 Å². The zero-order valence-electron chi connectivity index (χ0n) is 25.3. The molecule has 1 aromatic rings. The molecule has 5 rings (SSSR count). The summed E-state index contributed by atoms with van der Waals surface area (Å²) in [7, 11) is 0. The highest BCUT2D eigenvalue weighted by Gasteiger charge is 2.60. The van der Waals surface area contributed by atoms with Crippen molar-refractivity contribution < 1.29 is 9.53 Å². The lowest BCUT2D eigenvalue weighted by atomic mass is 9.45.